The highest BCUT2D eigenvalue weighted by atomic mass is 16.5. The minimum Gasteiger partial charge on any atom is -0.497 e. The molecule has 3 aliphatic rings. The van der Waals surface area contributed by atoms with Crippen LogP contribution in [-0.2, 0) is 6.54 Å². The third kappa shape index (κ3) is 4.27. The van der Waals surface area contributed by atoms with Crippen LogP contribution in [0.25, 0.3) is 10.9 Å². The lowest BCUT2D eigenvalue weighted by Crippen LogP contribution is -2.56. The van der Waals surface area contributed by atoms with E-state index in [-0.39, 0.29) is 12.1 Å². The van der Waals surface area contributed by atoms with Crippen LogP contribution in [0.1, 0.15) is 30.0 Å². The highest BCUT2D eigenvalue weighted by molar-refractivity contribution is 5.85. The van der Waals surface area contributed by atoms with Crippen LogP contribution >= 0.6 is 0 Å². The Morgan fingerprint density at radius 1 is 1.13 bits per heavy atom. The summed E-state index contributed by atoms with van der Waals surface area (Å²) in [4.78, 5) is 32.6. The molecule has 4 aromatic rings. The van der Waals surface area contributed by atoms with E-state index in [9.17, 15) is 9.59 Å². The molecule has 7 nitrogen and oxygen atoms in total. The van der Waals surface area contributed by atoms with Crippen molar-refractivity contribution in [2.24, 2.45) is 11.8 Å². The maximum atomic E-state index is 12.9. The van der Waals surface area contributed by atoms with Gasteiger partial charge >= 0.3 is 0 Å². The smallest absolute Gasteiger partial charge is 0.253 e. The number of benzene rings is 2. The summed E-state index contributed by atoms with van der Waals surface area (Å²) in [5.74, 6) is 1.78. The fourth-order valence-corrected chi connectivity index (χ4v) is 6.29. The lowest BCUT2D eigenvalue weighted by Gasteiger charge is -2.52. The van der Waals surface area contributed by atoms with Gasteiger partial charge in [-0.25, -0.2) is 0 Å². The van der Waals surface area contributed by atoms with E-state index in [0.717, 1.165) is 53.7 Å². The number of hydrogen-bond acceptors (Lipinski definition) is 7. The maximum Gasteiger partial charge on any atom is 0.253 e. The third-order valence-corrected chi connectivity index (χ3v) is 8.38. The van der Waals surface area contributed by atoms with Crippen molar-refractivity contribution in [1.29, 1.82) is 0 Å². The van der Waals surface area contributed by atoms with Crippen molar-refractivity contribution < 1.29 is 4.74 Å². The van der Waals surface area contributed by atoms with E-state index in [4.69, 9.17) is 4.74 Å². The van der Waals surface area contributed by atoms with Gasteiger partial charge in [0.1, 0.15) is 17.1 Å². The number of ether oxygens (including phenoxy) is 1. The predicted molar refractivity (Wildman–Crippen MR) is 152 cm³/mol. The van der Waals surface area contributed by atoms with Crippen molar-refractivity contribution in [3.63, 3.8) is 0 Å². The van der Waals surface area contributed by atoms with Gasteiger partial charge in [0.05, 0.1) is 18.7 Å². The molecule has 3 saturated heterocycles. The molecule has 0 amide bonds. The highest BCUT2D eigenvalue weighted by Crippen LogP contribution is 2.43. The van der Waals surface area contributed by atoms with E-state index >= 15 is 0 Å². The maximum absolute atomic E-state index is 12.9. The molecule has 2 bridgehead atoms. The highest BCUT2D eigenvalue weighted by Gasteiger charge is 2.43. The van der Waals surface area contributed by atoms with E-state index in [0.29, 0.717) is 29.8 Å². The van der Waals surface area contributed by atoms with Crippen LogP contribution in [0.15, 0.2) is 83.0 Å². The second-order valence-corrected chi connectivity index (χ2v) is 10.4. The molecular formula is C31H32N4O3. The van der Waals surface area contributed by atoms with Crippen LogP contribution in [0, 0.1) is 11.8 Å². The third-order valence-electron chi connectivity index (χ3n) is 8.38. The molecule has 0 saturated carbocycles. The van der Waals surface area contributed by atoms with Crippen LogP contribution < -0.4 is 26.2 Å². The molecule has 0 radical (unpaired) electrons. The first kappa shape index (κ1) is 24.4. The Labute approximate surface area is 221 Å². The lowest BCUT2D eigenvalue weighted by molar-refractivity contribution is 0.0105. The molecule has 7 rings (SSSR count). The van der Waals surface area contributed by atoms with Crippen LogP contribution in [-0.4, -0.2) is 36.1 Å². The van der Waals surface area contributed by atoms with E-state index in [1.807, 2.05) is 60.8 Å². The van der Waals surface area contributed by atoms with Gasteiger partial charge in [0.25, 0.3) is 10.9 Å². The number of aromatic nitrogens is 1. The molecule has 0 spiro atoms. The monoisotopic (exact) mass is 508 g/mol. The molecule has 7 heteroatoms. The topological polar surface area (TPSA) is 83.6 Å². The molecule has 1 unspecified atom stereocenters. The Morgan fingerprint density at radius 2 is 1.95 bits per heavy atom. The first-order chi connectivity index (χ1) is 18.6. The van der Waals surface area contributed by atoms with Crippen molar-refractivity contribution in [1.82, 2.24) is 9.88 Å². The van der Waals surface area contributed by atoms with Gasteiger partial charge in [-0.05, 0) is 66.6 Å². The van der Waals surface area contributed by atoms with Gasteiger partial charge < -0.3 is 15.4 Å². The number of piperidine rings is 3. The summed E-state index contributed by atoms with van der Waals surface area (Å²) in [6.45, 7) is 6.51. The molecule has 3 aliphatic heterocycles. The van der Waals surface area contributed by atoms with Gasteiger partial charge in [-0.2, -0.15) is 0 Å². The standard InChI is InChI=1S/C31H32N4O3/c1-3-20-18-35-14-12-21(20)15-26(35)27(23-11-13-32-25-10-9-22(38-2)16-24(23)25)34-29-28(30(36)31(29)37)33-17-19-7-5-4-6-8-19/h3-11,13,16,20-21,26-27,33-34H,1,12,14-15,17-18H2,2H3/t20-,21-,26-,27-/m0/s1. The Kier molecular flexibility index (Phi) is 6.45. The fourth-order valence-electron chi connectivity index (χ4n) is 6.29. The largest absolute Gasteiger partial charge is 0.497 e. The van der Waals surface area contributed by atoms with Crippen LogP contribution in [0.2, 0.25) is 0 Å². The zero-order valence-electron chi connectivity index (χ0n) is 21.5. The van der Waals surface area contributed by atoms with E-state index < -0.39 is 10.9 Å². The summed E-state index contributed by atoms with van der Waals surface area (Å²) in [6.07, 6.45) is 6.04. The number of rotatable bonds is 9. The number of anilines is 2. The normalized spacial score (nSPS) is 23.3. The summed E-state index contributed by atoms with van der Waals surface area (Å²) in [7, 11) is 1.66. The molecule has 2 N–H and O–H groups in total. The minimum atomic E-state index is -0.472. The number of pyridine rings is 1. The van der Waals surface area contributed by atoms with Gasteiger partial charge in [-0.3, -0.25) is 19.5 Å². The summed E-state index contributed by atoms with van der Waals surface area (Å²) < 4.78 is 5.53. The number of nitrogens with zero attached hydrogens (tertiary/aromatic N) is 2. The number of nitrogens with one attached hydrogen (secondary N) is 2. The SMILES string of the molecule is C=C[C@H]1CN2CC[C@H]1C[C@H]2[C@@H](Nc1c(NCc2ccccc2)c(=O)c1=O)c1ccnc2ccc(OC)cc12. The Bertz CT molecular complexity index is 1540. The lowest BCUT2D eigenvalue weighted by atomic mass is 9.73. The summed E-state index contributed by atoms with van der Waals surface area (Å²) >= 11 is 0. The average molecular weight is 509 g/mol. The minimum absolute atomic E-state index is 0.160. The summed E-state index contributed by atoms with van der Waals surface area (Å²) in [6, 6.07) is 17.7. The molecule has 38 heavy (non-hydrogen) atoms. The van der Waals surface area contributed by atoms with E-state index in [1.54, 1.807) is 7.11 Å². The summed E-state index contributed by atoms with van der Waals surface area (Å²) in [5.41, 5.74) is 2.74. The van der Waals surface area contributed by atoms with Crippen LogP contribution in [0.3, 0.4) is 0 Å². The first-order valence-corrected chi connectivity index (χ1v) is 13.2. The molecule has 3 aromatic carbocycles. The first-order valence-electron chi connectivity index (χ1n) is 13.2. The zero-order valence-corrected chi connectivity index (χ0v) is 21.5. The second kappa shape index (κ2) is 10.1. The molecule has 5 atom stereocenters. The quantitative estimate of drug-likeness (QED) is 0.254. The predicted octanol–water partition coefficient (Wildman–Crippen LogP) is 4.50. The van der Waals surface area contributed by atoms with Crippen LogP contribution in [0.5, 0.6) is 5.75 Å². The van der Waals surface area contributed by atoms with Crippen molar-refractivity contribution >= 4 is 22.3 Å². The zero-order chi connectivity index (χ0) is 26.2. The molecule has 0 aliphatic carbocycles. The van der Waals surface area contributed by atoms with Crippen molar-refractivity contribution in [2.45, 2.75) is 31.5 Å². The Balaban J connectivity index is 1.39. The van der Waals surface area contributed by atoms with Crippen molar-refractivity contribution in [2.75, 3.05) is 30.8 Å². The van der Waals surface area contributed by atoms with Crippen LogP contribution in [0.4, 0.5) is 11.4 Å². The Morgan fingerprint density at radius 3 is 2.68 bits per heavy atom. The van der Waals surface area contributed by atoms with Gasteiger partial charge in [0, 0.05) is 30.7 Å². The molecular weight excluding hydrogens is 476 g/mol. The van der Waals surface area contributed by atoms with Gasteiger partial charge in [0.15, 0.2) is 0 Å². The number of fused-ring (bicyclic) bond motifs is 4. The number of hydrogen-bond donors (Lipinski definition) is 2. The Hall–Kier alpha value is -3.97. The second-order valence-electron chi connectivity index (χ2n) is 10.4. The molecule has 4 heterocycles. The van der Waals surface area contributed by atoms with Crippen molar-refractivity contribution in [3.8, 4) is 5.75 Å². The van der Waals surface area contributed by atoms with Gasteiger partial charge in [0.2, 0.25) is 0 Å². The average Bonchev–Trinajstić information content (AvgIpc) is 2.98. The van der Waals surface area contributed by atoms with E-state index in [1.165, 1.54) is 0 Å². The fraction of sp³-hybridized carbons (Fsp3) is 0.323. The molecule has 194 valence electrons. The number of methoxy groups -OCH3 is 1. The van der Waals surface area contributed by atoms with E-state index in [2.05, 4.69) is 33.2 Å². The van der Waals surface area contributed by atoms with Crippen molar-refractivity contribution in [3.05, 3.63) is 105 Å². The molecule has 3 fully saturated rings. The molecule has 1 aromatic heterocycles. The van der Waals surface area contributed by atoms with Gasteiger partial charge in [-0.1, -0.05) is 36.4 Å². The van der Waals surface area contributed by atoms with Gasteiger partial charge in [-0.15, -0.1) is 6.58 Å². The summed E-state index contributed by atoms with van der Waals surface area (Å²) in [5, 5.41) is 7.76.